The Morgan fingerprint density at radius 3 is 1.46 bits per heavy atom. The minimum atomic E-state index is -0.510. The second-order valence-corrected chi connectivity index (χ2v) is 19.2. The molecular formula is C68H47N. The molecule has 1 spiro atoms. The van der Waals surface area contributed by atoms with Gasteiger partial charge in [-0.1, -0.05) is 218 Å². The Labute approximate surface area is 404 Å². The van der Waals surface area contributed by atoms with E-state index < -0.39 is 5.41 Å². The van der Waals surface area contributed by atoms with Crippen LogP contribution in [0.3, 0.4) is 0 Å². The summed E-state index contributed by atoms with van der Waals surface area (Å²) < 4.78 is 0. The fourth-order valence-electron chi connectivity index (χ4n) is 12.7. The Morgan fingerprint density at radius 1 is 0.290 bits per heavy atom. The van der Waals surface area contributed by atoms with Crippen LogP contribution in [0.4, 0.5) is 17.1 Å². The Hall–Kier alpha value is -8.52. The molecule has 3 aliphatic rings. The fourth-order valence-corrected chi connectivity index (χ4v) is 12.7. The molecule has 69 heavy (non-hydrogen) atoms. The number of hydrogen-bond donors (Lipinski definition) is 0. The summed E-state index contributed by atoms with van der Waals surface area (Å²) in [7, 11) is 0. The van der Waals surface area contributed by atoms with E-state index in [4.69, 9.17) is 0 Å². The zero-order chi connectivity index (χ0) is 45.5. The van der Waals surface area contributed by atoms with Crippen molar-refractivity contribution in [1.82, 2.24) is 0 Å². The lowest BCUT2D eigenvalue weighted by molar-refractivity contribution is 0.564. The molecule has 0 heterocycles. The molecule has 11 aromatic rings. The van der Waals surface area contributed by atoms with Gasteiger partial charge in [-0.05, 0) is 155 Å². The van der Waals surface area contributed by atoms with Crippen LogP contribution in [0.2, 0.25) is 0 Å². The van der Waals surface area contributed by atoms with Gasteiger partial charge in [0, 0.05) is 22.5 Å². The smallest absolute Gasteiger partial charge is 0.0714 e. The summed E-state index contributed by atoms with van der Waals surface area (Å²) in [6.07, 6.45) is 2.07. The predicted molar refractivity (Wildman–Crippen MR) is 287 cm³/mol. The Morgan fingerprint density at radius 2 is 0.768 bits per heavy atom. The highest BCUT2D eigenvalue weighted by atomic mass is 15.1. The van der Waals surface area contributed by atoms with E-state index >= 15 is 0 Å². The van der Waals surface area contributed by atoms with E-state index in [0.29, 0.717) is 0 Å². The summed E-state index contributed by atoms with van der Waals surface area (Å²) in [6, 6.07) is 97.5. The van der Waals surface area contributed by atoms with Gasteiger partial charge in [0.15, 0.2) is 0 Å². The highest BCUT2D eigenvalue weighted by Gasteiger charge is 2.48. The number of fused-ring (bicyclic) bond motifs is 10. The number of hydrogen-bond acceptors (Lipinski definition) is 1. The van der Waals surface area contributed by atoms with Crippen LogP contribution >= 0.6 is 0 Å². The van der Waals surface area contributed by atoms with Crippen molar-refractivity contribution in [1.29, 1.82) is 0 Å². The number of nitrogens with zero attached hydrogens (tertiary/aromatic N) is 1. The van der Waals surface area contributed by atoms with E-state index in [9.17, 15) is 0 Å². The van der Waals surface area contributed by atoms with Crippen LogP contribution in [-0.4, -0.2) is 0 Å². The van der Waals surface area contributed by atoms with Crippen molar-refractivity contribution in [2.75, 3.05) is 4.90 Å². The highest BCUT2D eigenvalue weighted by molar-refractivity contribution is 5.97. The van der Waals surface area contributed by atoms with Gasteiger partial charge in [0.25, 0.3) is 0 Å². The van der Waals surface area contributed by atoms with E-state index in [2.05, 4.69) is 266 Å². The molecule has 11 aromatic carbocycles. The summed E-state index contributed by atoms with van der Waals surface area (Å²) in [5.41, 5.74) is 23.9. The lowest BCUT2D eigenvalue weighted by Gasteiger charge is -2.35. The van der Waals surface area contributed by atoms with Crippen molar-refractivity contribution in [2.45, 2.75) is 23.7 Å². The Bertz CT molecular complexity index is 3700. The van der Waals surface area contributed by atoms with Crippen LogP contribution in [0.1, 0.15) is 44.5 Å². The van der Waals surface area contributed by atoms with E-state index in [0.717, 1.165) is 29.9 Å². The molecule has 0 radical (unpaired) electrons. The Balaban J connectivity index is 0.918. The van der Waals surface area contributed by atoms with E-state index in [-0.39, 0.29) is 5.41 Å². The third kappa shape index (κ3) is 5.97. The lowest BCUT2D eigenvalue weighted by Crippen LogP contribution is -2.28. The van der Waals surface area contributed by atoms with Crippen LogP contribution in [0.25, 0.3) is 55.3 Å². The number of benzene rings is 11. The number of rotatable bonds is 7. The molecule has 0 unspecified atom stereocenters. The molecule has 0 fully saturated rings. The lowest BCUT2D eigenvalue weighted by atomic mass is 9.67. The van der Waals surface area contributed by atoms with Crippen LogP contribution in [0.15, 0.2) is 261 Å². The molecule has 0 saturated heterocycles. The minimum absolute atomic E-state index is 0.0531. The standard InChI is InChI=1S/C68H47N/c1-3-20-52(21-4-1)68(53-22-5-2-6-23-53)64-29-14-12-26-60(64)62-41-39-56(43-66(62)68)69(55-37-32-48(33-38-55)58-27-15-19-47-16-9-10-24-57(47)58)54-35-30-46(31-36-54)49-34-40-61-59-25-11-13-28-63(59)67(65(61)42-49)44-50-17-7-8-18-51(50)45-67/h1-43H,44-45H2. The van der Waals surface area contributed by atoms with E-state index in [1.807, 2.05) is 0 Å². The first-order valence-corrected chi connectivity index (χ1v) is 24.3. The van der Waals surface area contributed by atoms with Gasteiger partial charge >= 0.3 is 0 Å². The van der Waals surface area contributed by atoms with Gasteiger partial charge in [-0.25, -0.2) is 0 Å². The molecule has 0 aromatic heterocycles. The average Bonchev–Trinajstić information content (AvgIpc) is 4.05. The quantitative estimate of drug-likeness (QED) is 0.154. The van der Waals surface area contributed by atoms with E-state index in [1.54, 1.807) is 0 Å². The highest BCUT2D eigenvalue weighted by Crippen LogP contribution is 2.58. The summed E-state index contributed by atoms with van der Waals surface area (Å²) in [5.74, 6) is 0. The van der Waals surface area contributed by atoms with Crippen molar-refractivity contribution >= 4 is 27.8 Å². The molecule has 14 rings (SSSR count). The first-order valence-electron chi connectivity index (χ1n) is 24.3. The van der Waals surface area contributed by atoms with Gasteiger partial charge < -0.3 is 4.90 Å². The SMILES string of the molecule is c1ccc(C2(c3ccccc3)c3ccccc3-c3ccc(N(c4ccc(-c5ccc6c(c5)C5(Cc7ccccc7C5)c5ccccc5-6)cc4)c4ccc(-c5cccc6ccccc56)cc4)cc32)cc1. The van der Waals surface area contributed by atoms with Crippen molar-refractivity contribution in [2.24, 2.45) is 0 Å². The van der Waals surface area contributed by atoms with Crippen LogP contribution in [0, 0.1) is 0 Å². The molecular weight excluding hydrogens is 831 g/mol. The molecule has 0 aliphatic heterocycles. The Kier molecular flexibility index (Phi) is 8.91. The monoisotopic (exact) mass is 877 g/mol. The molecule has 324 valence electrons. The first kappa shape index (κ1) is 39.6. The van der Waals surface area contributed by atoms with Gasteiger partial charge in [-0.3, -0.25) is 0 Å². The third-order valence-corrected chi connectivity index (χ3v) is 15.8. The average molecular weight is 878 g/mol. The molecule has 1 heteroatoms. The van der Waals surface area contributed by atoms with Gasteiger partial charge in [0.1, 0.15) is 0 Å². The molecule has 0 N–H and O–H groups in total. The van der Waals surface area contributed by atoms with Crippen molar-refractivity contribution in [3.05, 3.63) is 305 Å². The third-order valence-electron chi connectivity index (χ3n) is 15.8. The summed E-state index contributed by atoms with van der Waals surface area (Å²) in [4.78, 5) is 2.45. The van der Waals surface area contributed by atoms with Crippen LogP contribution in [0.5, 0.6) is 0 Å². The molecule has 0 saturated carbocycles. The maximum Gasteiger partial charge on any atom is 0.0714 e. The zero-order valence-electron chi connectivity index (χ0n) is 38.2. The predicted octanol–water partition coefficient (Wildman–Crippen LogP) is 17.1. The fraction of sp³-hybridized carbons (Fsp3) is 0.0588. The topological polar surface area (TPSA) is 3.24 Å². The molecule has 0 bridgehead atoms. The van der Waals surface area contributed by atoms with E-state index in [1.165, 1.54) is 99.8 Å². The molecule has 1 nitrogen and oxygen atoms in total. The second-order valence-electron chi connectivity index (χ2n) is 19.2. The van der Waals surface area contributed by atoms with Gasteiger partial charge in [-0.15, -0.1) is 0 Å². The summed E-state index contributed by atoms with van der Waals surface area (Å²) in [5, 5.41) is 2.51. The maximum atomic E-state index is 2.50. The maximum absolute atomic E-state index is 2.50. The van der Waals surface area contributed by atoms with Crippen LogP contribution < -0.4 is 4.90 Å². The van der Waals surface area contributed by atoms with Crippen molar-refractivity contribution < 1.29 is 0 Å². The normalized spacial score (nSPS) is 14.2. The van der Waals surface area contributed by atoms with Crippen LogP contribution in [-0.2, 0) is 23.7 Å². The van der Waals surface area contributed by atoms with Crippen molar-refractivity contribution in [3.63, 3.8) is 0 Å². The summed E-state index contributed by atoms with van der Waals surface area (Å²) in [6.45, 7) is 0. The molecule has 3 aliphatic carbocycles. The zero-order valence-corrected chi connectivity index (χ0v) is 38.2. The first-order chi connectivity index (χ1) is 34.2. The largest absolute Gasteiger partial charge is 0.310 e. The minimum Gasteiger partial charge on any atom is -0.310 e. The van der Waals surface area contributed by atoms with Gasteiger partial charge in [0.2, 0.25) is 0 Å². The second kappa shape index (κ2) is 15.5. The van der Waals surface area contributed by atoms with Gasteiger partial charge in [0.05, 0.1) is 5.41 Å². The number of anilines is 3. The summed E-state index contributed by atoms with van der Waals surface area (Å²) >= 11 is 0. The van der Waals surface area contributed by atoms with Gasteiger partial charge in [-0.2, -0.15) is 0 Å². The molecule has 0 amide bonds. The molecule has 0 atom stereocenters. The van der Waals surface area contributed by atoms with Crippen molar-refractivity contribution in [3.8, 4) is 44.5 Å².